The normalized spacial score (nSPS) is 17.1. The summed E-state index contributed by atoms with van der Waals surface area (Å²) in [6, 6.07) is 11.5. The number of hydrogen-bond donors (Lipinski definition) is 3. The predicted molar refractivity (Wildman–Crippen MR) is 136 cm³/mol. The van der Waals surface area contributed by atoms with Crippen LogP contribution < -0.4 is 20.1 Å². The highest BCUT2D eigenvalue weighted by molar-refractivity contribution is 7.15. The van der Waals surface area contributed by atoms with Gasteiger partial charge in [-0.3, -0.25) is 4.79 Å². The van der Waals surface area contributed by atoms with Crippen molar-refractivity contribution in [2.75, 3.05) is 18.7 Å². The number of benzene rings is 2. The summed E-state index contributed by atoms with van der Waals surface area (Å²) in [4.78, 5) is 18.5. The summed E-state index contributed by atoms with van der Waals surface area (Å²) in [7, 11) is 0. The number of hydrogen-bond acceptors (Lipinski definition) is 7. The fourth-order valence-electron chi connectivity index (χ4n) is 4.70. The lowest BCUT2D eigenvalue weighted by molar-refractivity contribution is -0.118. The molecule has 7 nitrogen and oxygen atoms in total. The molecule has 0 bridgehead atoms. The minimum Gasteiger partial charge on any atom is -0.454 e. The first-order valence-electron chi connectivity index (χ1n) is 12.2. The van der Waals surface area contributed by atoms with Crippen LogP contribution in [0.5, 0.6) is 11.5 Å². The fourth-order valence-corrected chi connectivity index (χ4v) is 5.59. The molecule has 1 unspecified atom stereocenters. The number of fused-ring (bicyclic) bond motifs is 1. The molecule has 1 aromatic heterocycles. The van der Waals surface area contributed by atoms with Gasteiger partial charge in [-0.1, -0.05) is 49.4 Å². The summed E-state index contributed by atoms with van der Waals surface area (Å²) < 4.78 is 25.7. The van der Waals surface area contributed by atoms with Crippen molar-refractivity contribution in [3.05, 3.63) is 70.5 Å². The van der Waals surface area contributed by atoms with Crippen molar-refractivity contribution in [2.45, 2.75) is 50.6 Å². The molecule has 2 aromatic carbocycles. The fraction of sp³-hybridized carbons (Fsp3) is 0.407. The molecule has 2 atom stereocenters. The van der Waals surface area contributed by atoms with Crippen LogP contribution in [0.4, 0.5) is 9.52 Å². The van der Waals surface area contributed by atoms with Gasteiger partial charge in [-0.15, -0.1) is 0 Å². The molecule has 190 valence electrons. The summed E-state index contributed by atoms with van der Waals surface area (Å²) in [6.45, 7) is 4.28. The smallest absolute Gasteiger partial charge is 0.236 e. The Kier molecular flexibility index (Phi) is 6.96. The van der Waals surface area contributed by atoms with Gasteiger partial charge in [-0.2, -0.15) is 0 Å². The van der Waals surface area contributed by atoms with Gasteiger partial charge in [0.2, 0.25) is 12.7 Å². The maximum Gasteiger partial charge on any atom is 0.236 e. The van der Waals surface area contributed by atoms with Gasteiger partial charge in [0.15, 0.2) is 16.6 Å². The second-order valence-electron chi connectivity index (χ2n) is 9.80. The predicted octanol–water partition coefficient (Wildman–Crippen LogP) is 4.77. The summed E-state index contributed by atoms with van der Waals surface area (Å²) >= 11 is 1.30. The van der Waals surface area contributed by atoms with Gasteiger partial charge in [-0.05, 0) is 48.9 Å². The Labute approximate surface area is 213 Å². The van der Waals surface area contributed by atoms with Crippen LogP contribution in [-0.2, 0) is 10.2 Å². The van der Waals surface area contributed by atoms with E-state index in [2.05, 4.69) is 29.5 Å². The monoisotopic (exact) mass is 511 g/mol. The highest BCUT2D eigenvalue weighted by atomic mass is 32.1. The number of ether oxygens (including phenoxy) is 2. The lowest BCUT2D eigenvalue weighted by Gasteiger charge is -2.25. The number of aliphatic hydroxyl groups excluding tert-OH is 1. The number of carbonyl (C=O) groups excluding carboxylic acids is 1. The molecule has 3 N–H and O–H groups in total. The zero-order valence-corrected chi connectivity index (χ0v) is 21.1. The Morgan fingerprint density at radius 1 is 1.19 bits per heavy atom. The van der Waals surface area contributed by atoms with Gasteiger partial charge in [0.1, 0.15) is 5.82 Å². The van der Waals surface area contributed by atoms with Crippen LogP contribution in [0.1, 0.15) is 55.2 Å². The van der Waals surface area contributed by atoms with E-state index in [1.807, 2.05) is 18.2 Å². The second-order valence-corrected chi connectivity index (χ2v) is 10.9. The molecule has 5 rings (SSSR count). The molecule has 1 aliphatic heterocycles. The van der Waals surface area contributed by atoms with Gasteiger partial charge in [0.25, 0.3) is 0 Å². The van der Waals surface area contributed by atoms with E-state index in [9.17, 15) is 14.3 Å². The van der Waals surface area contributed by atoms with E-state index in [1.54, 1.807) is 24.4 Å². The Morgan fingerprint density at radius 2 is 1.97 bits per heavy atom. The van der Waals surface area contributed by atoms with E-state index in [0.29, 0.717) is 28.1 Å². The van der Waals surface area contributed by atoms with Crippen molar-refractivity contribution < 1.29 is 23.8 Å². The molecule has 3 aromatic rings. The zero-order valence-electron chi connectivity index (χ0n) is 20.3. The molecule has 0 saturated heterocycles. The van der Waals surface area contributed by atoms with Gasteiger partial charge < -0.3 is 25.2 Å². The lowest BCUT2D eigenvalue weighted by atomic mass is 9.94. The van der Waals surface area contributed by atoms with E-state index in [0.717, 1.165) is 29.7 Å². The van der Waals surface area contributed by atoms with Crippen molar-refractivity contribution in [1.82, 2.24) is 10.3 Å². The average Bonchev–Trinajstić information content (AvgIpc) is 3.32. The quantitative estimate of drug-likeness (QED) is 0.363. The van der Waals surface area contributed by atoms with Crippen LogP contribution in [0.3, 0.4) is 0 Å². The molecular formula is C27H30FN3O4S. The number of nitrogens with zero attached hydrogens (tertiary/aromatic N) is 1. The Morgan fingerprint density at radius 3 is 2.69 bits per heavy atom. The number of anilines is 1. The minimum absolute atomic E-state index is 0.0659. The Bertz CT molecular complexity index is 1240. The number of aromatic nitrogens is 1. The van der Waals surface area contributed by atoms with Gasteiger partial charge in [0, 0.05) is 22.7 Å². The van der Waals surface area contributed by atoms with Crippen molar-refractivity contribution >= 4 is 22.4 Å². The Hall–Kier alpha value is -3.01. The molecule has 2 heterocycles. The third-order valence-corrected chi connectivity index (χ3v) is 7.71. The summed E-state index contributed by atoms with van der Waals surface area (Å²) in [5, 5.41) is 16.8. The van der Waals surface area contributed by atoms with E-state index in [4.69, 9.17) is 9.47 Å². The van der Waals surface area contributed by atoms with Crippen LogP contribution in [0.25, 0.3) is 0 Å². The molecule has 0 spiro atoms. The highest BCUT2D eigenvalue weighted by Crippen LogP contribution is 2.51. The largest absolute Gasteiger partial charge is 0.454 e. The van der Waals surface area contributed by atoms with Crippen LogP contribution in [0.2, 0.25) is 0 Å². The SMILES string of the molecule is CC(C)C[C@H](CO)NC(c1cnc(NC(=O)C2(c3ccc4c(c3)OCO4)CC2)s1)c1ccccc1F. The number of halogens is 1. The van der Waals surface area contributed by atoms with Crippen molar-refractivity contribution in [2.24, 2.45) is 5.92 Å². The molecular weight excluding hydrogens is 481 g/mol. The molecule has 0 radical (unpaired) electrons. The van der Waals surface area contributed by atoms with Crippen LogP contribution in [0, 0.1) is 11.7 Å². The molecule has 1 saturated carbocycles. The molecule has 1 aliphatic carbocycles. The summed E-state index contributed by atoms with van der Waals surface area (Å²) in [5.74, 6) is 1.24. The molecule has 2 aliphatic rings. The first kappa shape index (κ1) is 24.7. The first-order chi connectivity index (χ1) is 17.4. The Balaban J connectivity index is 1.36. The molecule has 1 fully saturated rings. The standard InChI is InChI=1S/C27H30FN3O4S/c1-16(2)11-18(14-32)30-24(19-5-3-4-6-20(19)28)23-13-29-26(36-23)31-25(33)27(9-10-27)17-7-8-21-22(12-17)35-15-34-21/h3-8,12-13,16,18,24,30,32H,9-11,14-15H2,1-2H3,(H,29,31,33)/t18-,24?/m1/s1. The van der Waals surface area contributed by atoms with E-state index >= 15 is 0 Å². The third-order valence-electron chi connectivity index (χ3n) is 6.73. The molecule has 1 amide bonds. The third kappa shape index (κ3) is 4.96. The number of carbonyl (C=O) groups is 1. The van der Waals surface area contributed by atoms with E-state index < -0.39 is 11.5 Å². The minimum atomic E-state index is -0.616. The van der Waals surface area contributed by atoms with Crippen LogP contribution in [0.15, 0.2) is 48.7 Å². The van der Waals surface area contributed by atoms with E-state index in [-0.39, 0.29) is 31.2 Å². The average molecular weight is 512 g/mol. The number of thiazole rings is 1. The van der Waals surface area contributed by atoms with Crippen LogP contribution in [-0.4, -0.2) is 35.4 Å². The molecule has 36 heavy (non-hydrogen) atoms. The summed E-state index contributed by atoms with van der Waals surface area (Å²) in [6.07, 6.45) is 3.88. The molecule has 9 heteroatoms. The van der Waals surface area contributed by atoms with Gasteiger partial charge in [0.05, 0.1) is 18.1 Å². The van der Waals surface area contributed by atoms with Gasteiger partial charge >= 0.3 is 0 Å². The maximum atomic E-state index is 14.8. The lowest BCUT2D eigenvalue weighted by Crippen LogP contribution is -2.37. The van der Waals surface area contributed by atoms with Crippen LogP contribution >= 0.6 is 11.3 Å². The van der Waals surface area contributed by atoms with Crippen molar-refractivity contribution in [3.63, 3.8) is 0 Å². The highest BCUT2D eigenvalue weighted by Gasteiger charge is 2.52. The zero-order chi connectivity index (χ0) is 25.3. The number of amides is 1. The topological polar surface area (TPSA) is 92.7 Å². The number of aliphatic hydroxyl groups is 1. The number of nitrogens with one attached hydrogen (secondary N) is 2. The first-order valence-corrected chi connectivity index (χ1v) is 13.0. The van der Waals surface area contributed by atoms with Crippen molar-refractivity contribution in [3.8, 4) is 11.5 Å². The van der Waals surface area contributed by atoms with Gasteiger partial charge in [-0.25, -0.2) is 9.37 Å². The summed E-state index contributed by atoms with van der Waals surface area (Å²) in [5.41, 5.74) is 0.751. The van der Waals surface area contributed by atoms with Crippen molar-refractivity contribution in [1.29, 1.82) is 0 Å². The number of rotatable bonds is 10. The maximum absolute atomic E-state index is 14.8. The van der Waals surface area contributed by atoms with E-state index in [1.165, 1.54) is 17.4 Å². The second kappa shape index (κ2) is 10.2.